The highest BCUT2D eigenvalue weighted by atomic mass is 15.0. The molecule has 73 heavy (non-hydrogen) atoms. The molecular formula is C70H43N3. The molecule has 338 valence electrons. The Kier molecular flexibility index (Phi) is 9.26. The number of benzene rings is 13. The number of fused-ring (bicyclic) bond motifs is 12. The van der Waals surface area contributed by atoms with Crippen molar-refractivity contribution in [3.63, 3.8) is 0 Å². The smallest absolute Gasteiger partial charge is 0.0979 e. The van der Waals surface area contributed by atoms with Crippen LogP contribution in [-0.2, 0) is 0 Å². The molecule has 0 aliphatic heterocycles. The molecule has 2 heterocycles. The third-order valence-corrected chi connectivity index (χ3v) is 15.2. The van der Waals surface area contributed by atoms with E-state index in [4.69, 9.17) is 9.97 Å². The van der Waals surface area contributed by atoms with E-state index in [0.29, 0.717) is 0 Å². The van der Waals surface area contributed by atoms with Crippen molar-refractivity contribution in [2.24, 2.45) is 0 Å². The van der Waals surface area contributed by atoms with Gasteiger partial charge in [0.15, 0.2) is 0 Å². The van der Waals surface area contributed by atoms with Crippen molar-refractivity contribution < 1.29 is 0 Å². The molecule has 0 atom stereocenters. The van der Waals surface area contributed by atoms with E-state index in [0.717, 1.165) is 44.3 Å². The SMILES string of the molecule is c1ccc(-n2c3ccccc3c3ccc(-c4cccc5c(-c6cccc7c(-c8cccc9c(-c%10cccc(-c%11cnc%12c%13ccccc%13c%13ccccc%13c%12n%11)c%10)cccc89)cccc67)cccc45)cc32)cc1. The fourth-order valence-corrected chi connectivity index (χ4v) is 12.0. The molecule has 3 heteroatoms. The van der Waals surface area contributed by atoms with Gasteiger partial charge in [0, 0.05) is 32.8 Å². The van der Waals surface area contributed by atoms with Gasteiger partial charge >= 0.3 is 0 Å². The van der Waals surface area contributed by atoms with Crippen LogP contribution in [0.4, 0.5) is 0 Å². The van der Waals surface area contributed by atoms with E-state index >= 15 is 0 Å². The van der Waals surface area contributed by atoms with E-state index in [1.807, 2.05) is 6.20 Å². The average Bonchev–Trinajstić information content (AvgIpc) is 3.80. The van der Waals surface area contributed by atoms with Crippen molar-refractivity contribution in [1.29, 1.82) is 0 Å². The Bertz CT molecular complexity index is 4700. The van der Waals surface area contributed by atoms with Gasteiger partial charge in [-0.1, -0.05) is 224 Å². The summed E-state index contributed by atoms with van der Waals surface area (Å²) in [5.41, 5.74) is 16.9. The van der Waals surface area contributed by atoms with Crippen LogP contribution < -0.4 is 0 Å². The van der Waals surface area contributed by atoms with E-state index in [2.05, 4.69) is 259 Å². The number of nitrogens with zero attached hydrogens (tertiary/aromatic N) is 3. The van der Waals surface area contributed by atoms with Crippen LogP contribution in [0.5, 0.6) is 0 Å². The van der Waals surface area contributed by atoms with Gasteiger partial charge in [-0.3, -0.25) is 4.98 Å². The second kappa shape index (κ2) is 16.4. The third kappa shape index (κ3) is 6.46. The van der Waals surface area contributed by atoms with Crippen molar-refractivity contribution in [1.82, 2.24) is 14.5 Å². The highest BCUT2D eigenvalue weighted by Crippen LogP contribution is 2.44. The van der Waals surface area contributed by atoms with E-state index in [1.165, 1.54) is 104 Å². The van der Waals surface area contributed by atoms with Gasteiger partial charge < -0.3 is 4.57 Å². The molecule has 0 fully saturated rings. The summed E-state index contributed by atoms with van der Waals surface area (Å²) in [6.45, 7) is 0. The maximum Gasteiger partial charge on any atom is 0.0979 e. The van der Waals surface area contributed by atoms with Gasteiger partial charge in [-0.05, 0) is 118 Å². The first-order valence-corrected chi connectivity index (χ1v) is 25.1. The molecule has 0 N–H and O–H groups in total. The minimum atomic E-state index is 0.856. The summed E-state index contributed by atoms with van der Waals surface area (Å²) in [7, 11) is 0. The molecule has 0 aliphatic rings. The molecule has 3 nitrogen and oxygen atoms in total. The molecule has 0 amide bonds. The van der Waals surface area contributed by atoms with Crippen LogP contribution in [0.25, 0.3) is 148 Å². The third-order valence-electron chi connectivity index (χ3n) is 15.2. The van der Waals surface area contributed by atoms with Crippen molar-refractivity contribution in [3.05, 3.63) is 261 Å². The standard InChI is InChI=1S/C70H43N3/c1-2-19-47(20-3-1)73-67-38-9-8-23-62(67)63-40-39-45(42-68(63)73)49-27-12-31-53-51(49)29-14-33-55(53)57-35-16-36-58-56(34-15-37-59(57)58)54-32-13-28-50-48(26-11-30-52(50)54)44-17-10-18-46(41-44)66-43-71-69-64-24-6-4-21-60(64)61-22-5-7-25-65(61)70(69)72-66/h1-43H. The van der Waals surface area contributed by atoms with Crippen molar-refractivity contribution in [2.45, 2.75) is 0 Å². The summed E-state index contributed by atoms with van der Waals surface area (Å²) < 4.78 is 2.40. The van der Waals surface area contributed by atoms with E-state index in [-0.39, 0.29) is 0 Å². The van der Waals surface area contributed by atoms with Crippen LogP contribution in [0.15, 0.2) is 261 Å². The molecule has 15 rings (SSSR count). The van der Waals surface area contributed by atoms with Gasteiger partial charge in [-0.2, -0.15) is 0 Å². The zero-order valence-electron chi connectivity index (χ0n) is 39.7. The molecular weight excluding hydrogens is 883 g/mol. The zero-order chi connectivity index (χ0) is 48.0. The predicted molar refractivity (Wildman–Crippen MR) is 309 cm³/mol. The minimum Gasteiger partial charge on any atom is -0.309 e. The van der Waals surface area contributed by atoms with Gasteiger partial charge in [-0.25, -0.2) is 4.98 Å². The normalized spacial score (nSPS) is 11.8. The van der Waals surface area contributed by atoms with Crippen LogP contribution in [0.2, 0.25) is 0 Å². The van der Waals surface area contributed by atoms with Crippen molar-refractivity contribution in [2.75, 3.05) is 0 Å². The summed E-state index contributed by atoms with van der Waals surface area (Å²) in [4.78, 5) is 10.4. The van der Waals surface area contributed by atoms with E-state index in [1.54, 1.807) is 0 Å². The zero-order valence-corrected chi connectivity index (χ0v) is 39.7. The lowest BCUT2D eigenvalue weighted by atomic mass is 9.87. The largest absolute Gasteiger partial charge is 0.309 e. The maximum absolute atomic E-state index is 5.33. The average molecular weight is 926 g/mol. The first-order chi connectivity index (χ1) is 36.2. The van der Waals surface area contributed by atoms with E-state index in [9.17, 15) is 0 Å². The second-order valence-corrected chi connectivity index (χ2v) is 19.2. The number of hydrogen-bond donors (Lipinski definition) is 0. The second-order valence-electron chi connectivity index (χ2n) is 19.2. The van der Waals surface area contributed by atoms with Crippen LogP contribution in [0.1, 0.15) is 0 Å². The molecule has 15 aromatic rings. The summed E-state index contributed by atoms with van der Waals surface area (Å²) in [5, 5.41) is 14.5. The lowest BCUT2D eigenvalue weighted by molar-refractivity contribution is 1.18. The quantitative estimate of drug-likeness (QED) is 0.156. The number of hydrogen-bond acceptors (Lipinski definition) is 2. The topological polar surface area (TPSA) is 30.7 Å². The van der Waals surface area contributed by atoms with Gasteiger partial charge in [-0.15, -0.1) is 0 Å². The van der Waals surface area contributed by atoms with Crippen LogP contribution in [0, 0.1) is 0 Å². The van der Waals surface area contributed by atoms with Gasteiger partial charge in [0.1, 0.15) is 0 Å². The molecule has 13 aromatic carbocycles. The molecule has 2 aromatic heterocycles. The predicted octanol–water partition coefficient (Wildman–Crippen LogP) is 18.8. The molecule has 0 radical (unpaired) electrons. The highest BCUT2D eigenvalue weighted by molar-refractivity contribution is 6.23. The Labute approximate surface area is 421 Å². The Morgan fingerprint density at radius 3 is 1.23 bits per heavy atom. The Morgan fingerprint density at radius 2 is 0.658 bits per heavy atom. The highest BCUT2D eigenvalue weighted by Gasteiger charge is 2.18. The van der Waals surface area contributed by atoms with Crippen LogP contribution in [-0.4, -0.2) is 14.5 Å². The van der Waals surface area contributed by atoms with Gasteiger partial charge in [0.05, 0.1) is 34.0 Å². The van der Waals surface area contributed by atoms with E-state index < -0.39 is 0 Å². The van der Waals surface area contributed by atoms with Gasteiger partial charge in [0.25, 0.3) is 0 Å². The number of para-hydroxylation sites is 2. The summed E-state index contributed by atoms with van der Waals surface area (Å²) >= 11 is 0. The molecule has 0 saturated carbocycles. The number of aromatic nitrogens is 3. The fraction of sp³-hybridized carbons (Fsp3) is 0. The maximum atomic E-state index is 5.33. The minimum absolute atomic E-state index is 0.856. The Hall–Kier alpha value is -9.70. The van der Waals surface area contributed by atoms with Crippen LogP contribution >= 0.6 is 0 Å². The summed E-state index contributed by atoms with van der Waals surface area (Å²) in [6, 6.07) is 92.9. The first kappa shape index (κ1) is 41.1. The van der Waals surface area contributed by atoms with Crippen molar-refractivity contribution >= 4 is 86.7 Å². The molecule has 0 saturated heterocycles. The Balaban J connectivity index is 0.826. The molecule has 0 bridgehead atoms. The monoisotopic (exact) mass is 925 g/mol. The van der Waals surface area contributed by atoms with Crippen LogP contribution in [0.3, 0.4) is 0 Å². The van der Waals surface area contributed by atoms with Gasteiger partial charge in [0.2, 0.25) is 0 Å². The first-order valence-electron chi connectivity index (χ1n) is 25.1. The molecule has 0 spiro atoms. The summed E-state index contributed by atoms with van der Waals surface area (Å²) in [6.07, 6.45) is 1.93. The molecule has 0 unspecified atom stereocenters. The summed E-state index contributed by atoms with van der Waals surface area (Å²) in [5.74, 6) is 0. The molecule has 0 aliphatic carbocycles. The lowest BCUT2D eigenvalue weighted by Gasteiger charge is -2.16. The lowest BCUT2D eigenvalue weighted by Crippen LogP contribution is -1.93. The van der Waals surface area contributed by atoms with Crippen molar-refractivity contribution in [3.8, 4) is 61.5 Å². The fourth-order valence-electron chi connectivity index (χ4n) is 12.0. The number of rotatable bonds is 6. The Morgan fingerprint density at radius 1 is 0.247 bits per heavy atom.